The van der Waals surface area contributed by atoms with Crippen LogP contribution in [0.2, 0.25) is 0 Å². The Morgan fingerprint density at radius 1 is 1.00 bits per heavy atom. The Balaban J connectivity index is 2.05. The van der Waals surface area contributed by atoms with Gasteiger partial charge in [-0.05, 0) is 23.3 Å². The highest BCUT2D eigenvalue weighted by molar-refractivity contribution is 6.00. The number of methoxy groups -OCH3 is 2. The molecule has 114 valence electrons. The summed E-state index contributed by atoms with van der Waals surface area (Å²) < 4.78 is 13.3. The fraction of sp³-hybridized carbons (Fsp3) is 0.316. The summed E-state index contributed by atoms with van der Waals surface area (Å²) in [4.78, 5) is 0. The van der Waals surface area contributed by atoms with Crippen LogP contribution in [0.5, 0.6) is 11.5 Å². The van der Waals surface area contributed by atoms with E-state index in [4.69, 9.17) is 9.47 Å². The van der Waals surface area contributed by atoms with Crippen LogP contribution in [0.3, 0.4) is 0 Å². The maximum absolute atomic E-state index is 5.48. The predicted octanol–water partition coefficient (Wildman–Crippen LogP) is 2.93. The number of ether oxygens (including phenoxy) is 2. The van der Waals surface area contributed by atoms with Crippen molar-refractivity contribution in [1.29, 1.82) is 0 Å². The van der Waals surface area contributed by atoms with Crippen molar-refractivity contribution < 1.29 is 14.0 Å². The molecule has 0 bridgehead atoms. The second-order valence-electron chi connectivity index (χ2n) is 5.64. The van der Waals surface area contributed by atoms with Crippen molar-refractivity contribution in [3.05, 3.63) is 59.2 Å². The second-order valence-corrected chi connectivity index (χ2v) is 5.64. The highest BCUT2D eigenvalue weighted by Gasteiger charge is 2.25. The Hall–Kier alpha value is -2.29. The molecule has 0 spiro atoms. The molecule has 22 heavy (non-hydrogen) atoms. The number of benzene rings is 2. The molecule has 1 aliphatic rings. The molecule has 0 aromatic heterocycles. The quantitative estimate of drug-likeness (QED) is 0.809. The summed E-state index contributed by atoms with van der Waals surface area (Å²) in [5.41, 5.74) is 5.28. The van der Waals surface area contributed by atoms with Crippen LogP contribution >= 0.6 is 0 Å². The first-order chi connectivity index (χ1) is 10.7. The second kappa shape index (κ2) is 6.22. The number of nitrogens with zero attached hydrogens (tertiary/aromatic N) is 1. The molecule has 2 aromatic carbocycles. The third-order valence-corrected chi connectivity index (χ3v) is 4.31. The van der Waals surface area contributed by atoms with Gasteiger partial charge in [0.1, 0.15) is 13.6 Å². The number of fused-ring (bicyclic) bond motifs is 1. The lowest BCUT2D eigenvalue weighted by atomic mass is 9.92. The summed E-state index contributed by atoms with van der Waals surface area (Å²) in [6.45, 7) is 1.03. The lowest BCUT2D eigenvalue weighted by Gasteiger charge is -2.19. The van der Waals surface area contributed by atoms with Gasteiger partial charge in [0.05, 0.1) is 20.6 Å². The largest absolute Gasteiger partial charge is 0.493 e. The van der Waals surface area contributed by atoms with Gasteiger partial charge in [-0.2, -0.15) is 0 Å². The summed E-state index contributed by atoms with van der Waals surface area (Å²) in [6.07, 6.45) is 1.96. The average Bonchev–Trinajstić information content (AvgIpc) is 2.57. The Morgan fingerprint density at radius 2 is 1.68 bits per heavy atom. The average molecular weight is 296 g/mol. The Kier molecular flexibility index (Phi) is 4.14. The zero-order valence-corrected chi connectivity index (χ0v) is 13.4. The fourth-order valence-electron chi connectivity index (χ4n) is 3.04. The minimum atomic E-state index is 0.794. The van der Waals surface area contributed by atoms with Gasteiger partial charge in [0, 0.05) is 12.0 Å². The van der Waals surface area contributed by atoms with Gasteiger partial charge >= 0.3 is 0 Å². The fourth-order valence-corrected chi connectivity index (χ4v) is 3.04. The van der Waals surface area contributed by atoms with Crippen molar-refractivity contribution >= 4 is 5.71 Å². The van der Waals surface area contributed by atoms with E-state index in [-0.39, 0.29) is 0 Å². The molecule has 2 aromatic rings. The van der Waals surface area contributed by atoms with Crippen molar-refractivity contribution in [2.24, 2.45) is 0 Å². The van der Waals surface area contributed by atoms with E-state index in [0.29, 0.717) is 0 Å². The summed E-state index contributed by atoms with van der Waals surface area (Å²) >= 11 is 0. The molecule has 0 atom stereocenters. The first-order valence-electron chi connectivity index (χ1n) is 7.59. The van der Waals surface area contributed by atoms with E-state index in [0.717, 1.165) is 30.9 Å². The van der Waals surface area contributed by atoms with E-state index >= 15 is 0 Å². The molecule has 0 amide bonds. The predicted molar refractivity (Wildman–Crippen MR) is 88.6 cm³/mol. The van der Waals surface area contributed by atoms with Crippen LogP contribution < -0.4 is 9.47 Å². The van der Waals surface area contributed by atoms with Gasteiger partial charge in [-0.1, -0.05) is 30.3 Å². The summed E-state index contributed by atoms with van der Waals surface area (Å²) in [7, 11) is 5.54. The molecule has 3 heteroatoms. The SMILES string of the molecule is COc1cc2c(cc1OC)C(Cc1ccccc1)=[N+](C)CC2. The topological polar surface area (TPSA) is 21.5 Å². The Labute approximate surface area is 131 Å². The van der Waals surface area contributed by atoms with Crippen molar-refractivity contribution in [3.8, 4) is 11.5 Å². The molecule has 0 aliphatic carbocycles. The maximum Gasteiger partial charge on any atom is 0.187 e. The highest BCUT2D eigenvalue weighted by atomic mass is 16.5. The van der Waals surface area contributed by atoms with Gasteiger partial charge in [-0.25, -0.2) is 4.58 Å². The minimum Gasteiger partial charge on any atom is -0.493 e. The minimum absolute atomic E-state index is 0.794. The van der Waals surface area contributed by atoms with Crippen LogP contribution in [0.15, 0.2) is 42.5 Å². The molecular weight excluding hydrogens is 274 g/mol. The summed E-state index contributed by atoms with van der Waals surface area (Å²) in [5.74, 6) is 1.60. The maximum atomic E-state index is 5.48. The molecule has 3 rings (SSSR count). The van der Waals surface area contributed by atoms with Crippen LogP contribution in [0.1, 0.15) is 16.7 Å². The van der Waals surface area contributed by atoms with Gasteiger partial charge in [-0.3, -0.25) is 0 Å². The van der Waals surface area contributed by atoms with Gasteiger partial charge in [-0.15, -0.1) is 0 Å². The molecular formula is C19H22NO2+. The number of hydrogen-bond acceptors (Lipinski definition) is 2. The number of likely N-dealkylation sites (N-methyl/N-ethyl adjacent to an activating group) is 1. The lowest BCUT2D eigenvalue weighted by molar-refractivity contribution is -0.498. The van der Waals surface area contributed by atoms with Crippen LogP contribution in [-0.2, 0) is 12.8 Å². The molecule has 0 radical (unpaired) electrons. The van der Waals surface area contributed by atoms with Crippen LogP contribution in [0.4, 0.5) is 0 Å². The Morgan fingerprint density at radius 3 is 2.36 bits per heavy atom. The van der Waals surface area contributed by atoms with E-state index < -0.39 is 0 Å². The molecule has 0 unspecified atom stereocenters. The monoisotopic (exact) mass is 296 g/mol. The van der Waals surface area contributed by atoms with E-state index in [1.807, 2.05) is 0 Å². The first-order valence-corrected chi connectivity index (χ1v) is 7.59. The summed E-state index contributed by atoms with van der Waals surface area (Å²) in [5, 5.41) is 0. The Bertz CT molecular complexity index is 705. The standard InChI is InChI=1S/C19H22NO2/c1-20-10-9-15-12-18(21-2)19(22-3)13-16(15)17(20)11-14-7-5-4-6-8-14/h4-8,12-13H,9-11H2,1-3H3/q+1. The molecule has 0 fully saturated rings. The molecule has 3 nitrogen and oxygen atoms in total. The molecule has 1 aliphatic heterocycles. The molecule has 0 saturated heterocycles. The zero-order chi connectivity index (χ0) is 15.5. The van der Waals surface area contributed by atoms with Crippen LogP contribution in [0, 0.1) is 0 Å². The summed E-state index contributed by atoms with van der Waals surface area (Å²) in [6, 6.07) is 14.8. The van der Waals surface area contributed by atoms with Gasteiger partial charge < -0.3 is 9.47 Å². The van der Waals surface area contributed by atoms with Crippen LogP contribution in [-0.4, -0.2) is 38.1 Å². The van der Waals surface area contributed by atoms with Crippen LogP contribution in [0.25, 0.3) is 0 Å². The third kappa shape index (κ3) is 2.71. The van der Waals surface area contributed by atoms with Crippen molar-refractivity contribution in [3.63, 3.8) is 0 Å². The lowest BCUT2D eigenvalue weighted by Crippen LogP contribution is -2.29. The van der Waals surface area contributed by atoms with Crippen molar-refractivity contribution in [1.82, 2.24) is 0 Å². The number of hydrogen-bond donors (Lipinski definition) is 0. The third-order valence-electron chi connectivity index (χ3n) is 4.31. The van der Waals surface area contributed by atoms with Crippen molar-refractivity contribution in [2.45, 2.75) is 12.8 Å². The van der Waals surface area contributed by atoms with E-state index in [1.165, 1.54) is 22.4 Å². The van der Waals surface area contributed by atoms with Gasteiger partial charge in [0.15, 0.2) is 17.2 Å². The first kappa shape index (κ1) is 14.6. The van der Waals surface area contributed by atoms with E-state index in [2.05, 4.69) is 54.1 Å². The highest BCUT2D eigenvalue weighted by Crippen LogP contribution is 2.32. The van der Waals surface area contributed by atoms with E-state index in [1.54, 1.807) is 14.2 Å². The van der Waals surface area contributed by atoms with Crippen molar-refractivity contribution in [2.75, 3.05) is 27.8 Å². The smallest absolute Gasteiger partial charge is 0.187 e. The van der Waals surface area contributed by atoms with Gasteiger partial charge in [0.2, 0.25) is 0 Å². The normalized spacial score (nSPS) is 13.8. The van der Waals surface area contributed by atoms with Gasteiger partial charge in [0.25, 0.3) is 0 Å². The number of rotatable bonds is 4. The molecule has 0 N–H and O–H groups in total. The zero-order valence-electron chi connectivity index (χ0n) is 13.4. The molecule has 1 heterocycles. The molecule has 0 saturated carbocycles. The van der Waals surface area contributed by atoms with E-state index in [9.17, 15) is 0 Å².